The van der Waals surface area contributed by atoms with Crippen molar-refractivity contribution in [1.82, 2.24) is 9.88 Å². The van der Waals surface area contributed by atoms with Gasteiger partial charge in [-0.05, 0) is 18.9 Å². The average molecular weight is 305 g/mol. The summed E-state index contributed by atoms with van der Waals surface area (Å²) in [5.41, 5.74) is 1.06. The van der Waals surface area contributed by atoms with Gasteiger partial charge < -0.3 is 10.0 Å². The van der Waals surface area contributed by atoms with Crippen LogP contribution in [0.1, 0.15) is 16.9 Å². The monoisotopic (exact) mass is 305 g/mol. The molecule has 0 unspecified atom stereocenters. The van der Waals surface area contributed by atoms with Crippen LogP contribution in [0.4, 0.5) is 9.93 Å². The maximum absolute atomic E-state index is 12.3. The third-order valence-electron chi connectivity index (χ3n) is 2.92. The predicted octanol–water partition coefficient (Wildman–Crippen LogP) is 2.87. The summed E-state index contributed by atoms with van der Waals surface area (Å²) in [6.07, 6.45) is 2.28. The molecule has 1 aromatic heterocycles. The zero-order valence-electron chi connectivity index (χ0n) is 12.0. The summed E-state index contributed by atoms with van der Waals surface area (Å²) in [6, 6.07) is 9.60. The molecular weight excluding hydrogens is 286 g/mol. The Morgan fingerprint density at radius 3 is 2.76 bits per heavy atom. The summed E-state index contributed by atoms with van der Waals surface area (Å²) in [7, 11) is 0. The van der Waals surface area contributed by atoms with Crippen molar-refractivity contribution in [3.63, 3.8) is 0 Å². The summed E-state index contributed by atoms with van der Waals surface area (Å²) in [6.45, 7) is 3.02. The first-order valence-corrected chi connectivity index (χ1v) is 7.64. The van der Waals surface area contributed by atoms with Crippen LogP contribution in [0.15, 0.2) is 36.5 Å². The molecular formula is C15H19N3O2S. The number of aromatic nitrogens is 1. The second kappa shape index (κ2) is 7.75. The molecule has 2 rings (SSSR count). The SMILES string of the molecule is Cc1cnc(NC(=O)N(CCCO)Cc2ccccc2)s1. The van der Waals surface area contributed by atoms with Gasteiger partial charge in [-0.1, -0.05) is 30.3 Å². The van der Waals surface area contributed by atoms with Gasteiger partial charge in [-0.3, -0.25) is 5.32 Å². The highest BCUT2D eigenvalue weighted by atomic mass is 32.1. The normalized spacial score (nSPS) is 10.4. The van der Waals surface area contributed by atoms with Gasteiger partial charge in [0.1, 0.15) is 0 Å². The van der Waals surface area contributed by atoms with Crippen LogP contribution in [0.2, 0.25) is 0 Å². The highest BCUT2D eigenvalue weighted by molar-refractivity contribution is 7.15. The van der Waals surface area contributed by atoms with Gasteiger partial charge in [-0.25, -0.2) is 9.78 Å². The number of aliphatic hydroxyl groups excluding tert-OH is 1. The van der Waals surface area contributed by atoms with Crippen LogP contribution in [0.5, 0.6) is 0 Å². The molecule has 6 heteroatoms. The van der Waals surface area contributed by atoms with E-state index < -0.39 is 0 Å². The van der Waals surface area contributed by atoms with Crippen LogP contribution in [-0.4, -0.2) is 34.2 Å². The molecule has 0 saturated heterocycles. The van der Waals surface area contributed by atoms with Crippen molar-refractivity contribution in [1.29, 1.82) is 0 Å². The number of amides is 2. The number of hydrogen-bond donors (Lipinski definition) is 2. The van der Waals surface area contributed by atoms with Crippen molar-refractivity contribution in [3.05, 3.63) is 47.0 Å². The van der Waals surface area contributed by atoms with E-state index >= 15 is 0 Å². The van der Waals surface area contributed by atoms with E-state index in [1.165, 1.54) is 11.3 Å². The number of nitrogens with zero attached hydrogens (tertiary/aromatic N) is 2. The number of benzene rings is 1. The van der Waals surface area contributed by atoms with Gasteiger partial charge in [0.05, 0.1) is 0 Å². The molecule has 21 heavy (non-hydrogen) atoms. The smallest absolute Gasteiger partial charge is 0.323 e. The Balaban J connectivity index is 2.02. The molecule has 2 aromatic rings. The van der Waals surface area contributed by atoms with Crippen LogP contribution in [0.3, 0.4) is 0 Å². The van der Waals surface area contributed by atoms with Crippen molar-refractivity contribution >= 4 is 22.5 Å². The van der Waals surface area contributed by atoms with Gasteiger partial charge in [0, 0.05) is 30.8 Å². The van der Waals surface area contributed by atoms with Crippen molar-refractivity contribution < 1.29 is 9.90 Å². The molecule has 0 bridgehead atoms. The third kappa shape index (κ3) is 4.84. The Bertz CT molecular complexity index is 571. The summed E-state index contributed by atoms with van der Waals surface area (Å²) < 4.78 is 0. The van der Waals surface area contributed by atoms with Gasteiger partial charge in [-0.2, -0.15) is 0 Å². The summed E-state index contributed by atoms with van der Waals surface area (Å²) in [4.78, 5) is 19.2. The third-order valence-corrected chi connectivity index (χ3v) is 3.75. The lowest BCUT2D eigenvalue weighted by molar-refractivity contribution is 0.199. The lowest BCUT2D eigenvalue weighted by atomic mass is 10.2. The van der Waals surface area contributed by atoms with E-state index in [1.54, 1.807) is 11.1 Å². The van der Waals surface area contributed by atoms with E-state index in [0.717, 1.165) is 10.4 Å². The van der Waals surface area contributed by atoms with Crippen molar-refractivity contribution in [3.8, 4) is 0 Å². The first-order valence-electron chi connectivity index (χ1n) is 6.82. The van der Waals surface area contributed by atoms with Crippen LogP contribution in [0.25, 0.3) is 0 Å². The van der Waals surface area contributed by atoms with Gasteiger partial charge in [0.15, 0.2) is 5.13 Å². The Hall–Kier alpha value is -1.92. The molecule has 2 N–H and O–H groups in total. The number of urea groups is 1. The molecule has 0 saturated carbocycles. The zero-order chi connectivity index (χ0) is 15.1. The molecule has 0 atom stereocenters. The largest absolute Gasteiger partial charge is 0.396 e. The molecule has 0 spiro atoms. The quantitative estimate of drug-likeness (QED) is 0.862. The Labute approximate surface area is 128 Å². The number of hydrogen-bond acceptors (Lipinski definition) is 4. The topological polar surface area (TPSA) is 65.5 Å². The molecule has 1 heterocycles. The maximum atomic E-state index is 12.3. The summed E-state index contributed by atoms with van der Waals surface area (Å²) >= 11 is 1.44. The number of thiazole rings is 1. The van der Waals surface area contributed by atoms with Crippen molar-refractivity contribution in [2.24, 2.45) is 0 Å². The fraction of sp³-hybridized carbons (Fsp3) is 0.333. The molecule has 112 valence electrons. The molecule has 0 aliphatic heterocycles. The van der Waals surface area contributed by atoms with Gasteiger partial charge >= 0.3 is 6.03 Å². The number of aryl methyl sites for hydroxylation is 1. The van der Waals surface area contributed by atoms with Crippen LogP contribution >= 0.6 is 11.3 Å². The van der Waals surface area contributed by atoms with Crippen LogP contribution in [-0.2, 0) is 6.54 Å². The van der Waals surface area contributed by atoms with E-state index in [2.05, 4.69) is 10.3 Å². The predicted molar refractivity (Wildman–Crippen MR) is 84.4 cm³/mol. The van der Waals surface area contributed by atoms with Crippen molar-refractivity contribution in [2.75, 3.05) is 18.5 Å². The maximum Gasteiger partial charge on any atom is 0.323 e. The average Bonchev–Trinajstić information content (AvgIpc) is 2.89. The van der Waals surface area contributed by atoms with Gasteiger partial charge in [-0.15, -0.1) is 11.3 Å². The van der Waals surface area contributed by atoms with Crippen LogP contribution in [0, 0.1) is 6.92 Å². The molecule has 0 radical (unpaired) electrons. The number of rotatable bonds is 6. The lowest BCUT2D eigenvalue weighted by Gasteiger charge is -2.22. The highest BCUT2D eigenvalue weighted by Crippen LogP contribution is 2.17. The number of nitrogens with one attached hydrogen (secondary N) is 1. The van der Waals surface area contributed by atoms with Crippen molar-refractivity contribution in [2.45, 2.75) is 19.9 Å². The first-order chi connectivity index (χ1) is 10.2. The molecule has 5 nitrogen and oxygen atoms in total. The minimum atomic E-state index is -0.193. The molecule has 0 fully saturated rings. The minimum absolute atomic E-state index is 0.0644. The molecule has 0 aliphatic carbocycles. The minimum Gasteiger partial charge on any atom is -0.396 e. The second-order valence-corrected chi connectivity index (χ2v) is 5.93. The molecule has 1 aromatic carbocycles. The first kappa shape index (κ1) is 15.5. The fourth-order valence-corrected chi connectivity index (χ4v) is 2.55. The Kier molecular flexibility index (Phi) is 5.71. The van der Waals surface area contributed by atoms with Gasteiger partial charge in [0.25, 0.3) is 0 Å². The Morgan fingerprint density at radius 1 is 1.38 bits per heavy atom. The van der Waals surface area contributed by atoms with Gasteiger partial charge in [0.2, 0.25) is 0 Å². The van der Waals surface area contributed by atoms with E-state index in [0.29, 0.717) is 24.6 Å². The highest BCUT2D eigenvalue weighted by Gasteiger charge is 2.15. The summed E-state index contributed by atoms with van der Waals surface area (Å²) in [5, 5.41) is 12.4. The molecule has 2 amide bonds. The summed E-state index contributed by atoms with van der Waals surface area (Å²) in [5.74, 6) is 0. The fourth-order valence-electron chi connectivity index (χ4n) is 1.90. The van der Waals surface area contributed by atoms with E-state index in [1.807, 2.05) is 37.3 Å². The van der Waals surface area contributed by atoms with E-state index in [4.69, 9.17) is 5.11 Å². The van der Waals surface area contributed by atoms with E-state index in [-0.39, 0.29) is 12.6 Å². The zero-order valence-corrected chi connectivity index (χ0v) is 12.8. The van der Waals surface area contributed by atoms with E-state index in [9.17, 15) is 4.79 Å². The number of anilines is 1. The Morgan fingerprint density at radius 2 is 2.14 bits per heavy atom. The van der Waals surface area contributed by atoms with Crippen LogP contribution < -0.4 is 5.32 Å². The molecule has 0 aliphatic rings. The standard InChI is InChI=1S/C15H19N3O2S/c1-12-10-16-14(21-12)17-15(20)18(8-5-9-19)11-13-6-3-2-4-7-13/h2-4,6-7,10,19H,5,8-9,11H2,1H3,(H,16,17,20). The number of carbonyl (C=O) groups excluding carboxylic acids is 1. The second-order valence-electron chi connectivity index (χ2n) is 4.69. The number of aliphatic hydroxyl groups is 1. The number of carbonyl (C=O) groups is 1. The lowest BCUT2D eigenvalue weighted by Crippen LogP contribution is -2.35.